The molecule has 0 rings (SSSR count). The first kappa shape index (κ1) is 12.0. The molecule has 0 aromatic rings. The molecule has 0 aromatic heterocycles. The summed E-state index contributed by atoms with van der Waals surface area (Å²) >= 11 is 0. The van der Waals surface area contributed by atoms with E-state index in [0.717, 1.165) is 5.92 Å². The first-order valence-corrected chi connectivity index (χ1v) is 5.07. The summed E-state index contributed by atoms with van der Waals surface area (Å²) in [4.78, 5) is 2.27. The highest BCUT2D eigenvalue weighted by atomic mass is 15.0. The number of nitrogens with zero attached hydrogens (tertiary/aromatic N) is 1. The van der Waals surface area contributed by atoms with Crippen LogP contribution in [0.5, 0.6) is 0 Å². The maximum Gasteiger partial charge on any atom is -0.00195 e. The van der Waals surface area contributed by atoms with Gasteiger partial charge in [-0.1, -0.05) is 34.1 Å². The largest absolute Gasteiger partial charge is 0.309 e. The molecule has 0 saturated heterocycles. The Balaban J connectivity index is 3.97. The van der Waals surface area contributed by atoms with Gasteiger partial charge < -0.3 is 4.90 Å². The lowest BCUT2D eigenvalue weighted by atomic mass is 9.74. The molecule has 1 nitrogen and oxygen atoms in total. The van der Waals surface area contributed by atoms with Crippen molar-refractivity contribution in [3.05, 3.63) is 0 Å². The fourth-order valence-corrected chi connectivity index (χ4v) is 1.35. The third-order valence-electron chi connectivity index (χ3n) is 3.33. The summed E-state index contributed by atoms with van der Waals surface area (Å²) in [5.74, 6) is 0.794. The van der Waals surface area contributed by atoms with Gasteiger partial charge in [0.25, 0.3) is 0 Å². The van der Waals surface area contributed by atoms with Crippen molar-refractivity contribution >= 4 is 0 Å². The summed E-state index contributed by atoms with van der Waals surface area (Å²) < 4.78 is 0. The third kappa shape index (κ3) is 3.57. The Bertz CT molecular complexity index is 118. The Hall–Kier alpha value is -0.0400. The van der Waals surface area contributed by atoms with Gasteiger partial charge in [-0.05, 0) is 38.4 Å². The highest BCUT2D eigenvalue weighted by Crippen LogP contribution is 2.34. The number of hydrogen-bond donors (Lipinski definition) is 0. The van der Waals surface area contributed by atoms with Crippen LogP contribution in [-0.4, -0.2) is 25.5 Å². The molecular weight excluding hydrogens is 146 g/mol. The van der Waals surface area contributed by atoms with Crippen LogP contribution in [0.1, 0.15) is 40.5 Å². The minimum absolute atomic E-state index is 0.532. The van der Waals surface area contributed by atoms with E-state index >= 15 is 0 Å². The van der Waals surface area contributed by atoms with Crippen molar-refractivity contribution in [2.24, 2.45) is 11.3 Å². The minimum atomic E-state index is 0.532. The van der Waals surface area contributed by atoms with Crippen LogP contribution in [0.15, 0.2) is 0 Å². The van der Waals surface area contributed by atoms with E-state index in [9.17, 15) is 0 Å². The second kappa shape index (κ2) is 4.86. The summed E-state index contributed by atoms with van der Waals surface area (Å²) in [6.45, 7) is 10.6. The molecule has 0 amide bonds. The Labute approximate surface area is 78.1 Å². The van der Waals surface area contributed by atoms with Gasteiger partial charge in [-0.15, -0.1) is 0 Å². The van der Waals surface area contributed by atoms with Gasteiger partial charge in [0.1, 0.15) is 0 Å². The second-order valence-electron chi connectivity index (χ2n) is 4.72. The molecule has 1 atom stereocenters. The second-order valence-corrected chi connectivity index (χ2v) is 4.72. The Morgan fingerprint density at radius 1 is 1.25 bits per heavy atom. The van der Waals surface area contributed by atoms with E-state index in [4.69, 9.17) is 0 Å². The van der Waals surface area contributed by atoms with Crippen LogP contribution in [0.2, 0.25) is 0 Å². The van der Waals surface area contributed by atoms with Gasteiger partial charge in [0.2, 0.25) is 0 Å². The van der Waals surface area contributed by atoms with Crippen molar-refractivity contribution in [1.82, 2.24) is 4.90 Å². The van der Waals surface area contributed by atoms with Crippen LogP contribution in [0, 0.1) is 11.3 Å². The molecule has 0 aliphatic carbocycles. The Morgan fingerprint density at radius 3 is 2.00 bits per heavy atom. The SMILES string of the molecule is CCC(C)(CCN(C)C)C(C)C. The van der Waals surface area contributed by atoms with Crippen molar-refractivity contribution in [3.8, 4) is 0 Å². The van der Waals surface area contributed by atoms with E-state index in [2.05, 4.69) is 46.7 Å². The van der Waals surface area contributed by atoms with Gasteiger partial charge in [-0.3, -0.25) is 0 Å². The molecule has 1 unspecified atom stereocenters. The summed E-state index contributed by atoms with van der Waals surface area (Å²) in [6.07, 6.45) is 2.60. The summed E-state index contributed by atoms with van der Waals surface area (Å²) in [5, 5.41) is 0. The van der Waals surface area contributed by atoms with E-state index in [1.807, 2.05) is 0 Å². The quantitative estimate of drug-likeness (QED) is 0.614. The van der Waals surface area contributed by atoms with Crippen LogP contribution in [-0.2, 0) is 0 Å². The van der Waals surface area contributed by atoms with E-state index in [1.165, 1.54) is 19.4 Å². The average molecular weight is 171 g/mol. The van der Waals surface area contributed by atoms with Gasteiger partial charge in [-0.2, -0.15) is 0 Å². The normalized spacial score (nSPS) is 17.0. The molecule has 0 aliphatic heterocycles. The monoisotopic (exact) mass is 171 g/mol. The molecular formula is C11H25N. The Kier molecular flexibility index (Phi) is 4.84. The zero-order chi connectivity index (χ0) is 9.78. The van der Waals surface area contributed by atoms with Gasteiger partial charge in [-0.25, -0.2) is 0 Å². The van der Waals surface area contributed by atoms with Crippen molar-refractivity contribution in [2.45, 2.75) is 40.5 Å². The number of hydrogen-bond acceptors (Lipinski definition) is 1. The molecule has 0 bridgehead atoms. The molecule has 74 valence electrons. The number of rotatable bonds is 5. The minimum Gasteiger partial charge on any atom is -0.309 e. The lowest BCUT2D eigenvalue weighted by Crippen LogP contribution is -2.27. The standard InChI is InChI=1S/C11H25N/c1-7-11(4,10(2)3)8-9-12(5)6/h10H,7-9H2,1-6H3. The summed E-state index contributed by atoms with van der Waals surface area (Å²) in [5.41, 5.74) is 0.532. The first-order chi connectivity index (χ1) is 5.42. The molecule has 0 aliphatic rings. The van der Waals surface area contributed by atoms with Gasteiger partial charge in [0, 0.05) is 0 Å². The Morgan fingerprint density at radius 2 is 1.75 bits per heavy atom. The molecule has 0 spiro atoms. The van der Waals surface area contributed by atoms with Crippen LogP contribution < -0.4 is 0 Å². The van der Waals surface area contributed by atoms with Crippen molar-refractivity contribution in [2.75, 3.05) is 20.6 Å². The lowest BCUT2D eigenvalue weighted by molar-refractivity contribution is 0.169. The van der Waals surface area contributed by atoms with Crippen LogP contribution in [0.4, 0.5) is 0 Å². The molecule has 0 N–H and O–H groups in total. The fraction of sp³-hybridized carbons (Fsp3) is 1.00. The summed E-state index contributed by atoms with van der Waals surface area (Å²) in [6, 6.07) is 0. The smallest absolute Gasteiger partial charge is 0.00195 e. The molecule has 0 heterocycles. The molecule has 1 heteroatoms. The first-order valence-electron chi connectivity index (χ1n) is 5.07. The molecule has 0 fully saturated rings. The fourth-order valence-electron chi connectivity index (χ4n) is 1.35. The average Bonchev–Trinajstić information content (AvgIpc) is 1.99. The maximum atomic E-state index is 2.40. The van der Waals surface area contributed by atoms with E-state index in [1.54, 1.807) is 0 Å². The maximum absolute atomic E-state index is 2.40. The van der Waals surface area contributed by atoms with E-state index in [-0.39, 0.29) is 0 Å². The molecule has 0 radical (unpaired) electrons. The van der Waals surface area contributed by atoms with Gasteiger partial charge in [0.15, 0.2) is 0 Å². The highest BCUT2D eigenvalue weighted by molar-refractivity contribution is 4.76. The third-order valence-corrected chi connectivity index (χ3v) is 3.33. The van der Waals surface area contributed by atoms with Crippen LogP contribution >= 0.6 is 0 Å². The predicted octanol–water partition coefficient (Wildman–Crippen LogP) is 3.01. The van der Waals surface area contributed by atoms with Crippen LogP contribution in [0.3, 0.4) is 0 Å². The van der Waals surface area contributed by atoms with Gasteiger partial charge in [0.05, 0.1) is 0 Å². The van der Waals surface area contributed by atoms with Crippen molar-refractivity contribution in [1.29, 1.82) is 0 Å². The van der Waals surface area contributed by atoms with Crippen molar-refractivity contribution < 1.29 is 0 Å². The molecule has 0 aromatic carbocycles. The van der Waals surface area contributed by atoms with Gasteiger partial charge >= 0.3 is 0 Å². The van der Waals surface area contributed by atoms with E-state index in [0.29, 0.717) is 5.41 Å². The zero-order valence-electron chi connectivity index (χ0n) is 9.65. The van der Waals surface area contributed by atoms with Crippen LogP contribution in [0.25, 0.3) is 0 Å². The molecule has 12 heavy (non-hydrogen) atoms. The van der Waals surface area contributed by atoms with E-state index < -0.39 is 0 Å². The van der Waals surface area contributed by atoms with Crippen molar-refractivity contribution in [3.63, 3.8) is 0 Å². The highest BCUT2D eigenvalue weighted by Gasteiger charge is 2.25. The zero-order valence-corrected chi connectivity index (χ0v) is 9.65. The molecule has 0 saturated carbocycles. The predicted molar refractivity (Wildman–Crippen MR) is 56.4 cm³/mol. The lowest BCUT2D eigenvalue weighted by Gasteiger charge is -2.33. The summed E-state index contributed by atoms with van der Waals surface area (Å²) in [7, 11) is 4.30. The topological polar surface area (TPSA) is 3.24 Å².